The molecule has 0 saturated heterocycles. The van der Waals surface area contributed by atoms with Crippen molar-refractivity contribution >= 4 is 28.3 Å². The molecule has 1 amide bonds. The monoisotopic (exact) mass is 499 g/mol. The molecule has 3 aromatic carbocycles. The third-order valence-corrected chi connectivity index (χ3v) is 6.38. The summed E-state index contributed by atoms with van der Waals surface area (Å²) in [4.78, 5) is 28.7. The molecule has 2 heterocycles. The average Bonchev–Trinajstić information content (AvgIpc) is 3.46. The van der Waals surface area contributed by atoms with Gasteiger partial charge >= 0.3 is 0 Å². The maximum atomic E-state index is 13.9. The first-order valence-corrected chi connectivity index (χ1v) is 11.5. The molecular weight excluding hydrogens is 474 g/mol. The van der Waals surface area contributed by atoms with E-state index in [1.165, 1.54) is 26.2 Å². The third kappa shape index (κ3) is 3.96. The number of carbonyl (C=O) groups is 2. The lowest BCUT2D eigenvalue weighted by molar-refractivity contribution is -0.117. The number of benzene rings is 3. The zero-order valence-corrected chi connectivity index (χ0v) is 20.8. The highest BCUT2D eigenvalue weighted by Gasteiger charge is 2.46. The van der Waals surface area contributed by atoms with Gasteiger partial charge in [-0.3, -0.25) is 14.5 Å². The summed E-state index contributed by atoms with van der Waals surface area (Å²) in [6.07, 6.45) is 0. The van der Waals surface area contributed by atoms with Crippen LogP contribution < -0.4 is 19.1 Å². The first-order valence-electron chi connectivity index (χ1n) is 11.5. The number of aliphatic hydroxyl groups is 1. The number of hydrogen-bond donors (Lipinski definition) is 1. The van der Waals surface area contributed by atoms with E-state index < -0.39 is 23.5 Å². The van der Waals surface area contributed by atoms with Crippen LogP contribution in [0.2, 0.25) is 0 Å². The number of nitrogens with zero attached hydrogens (tertiary/aromatic N) is 1. The largest absolute Gasteiger partial charge is 0.503 e. The van der Waals surface area contributed by atoms with Gasteiger partial charge < -0.3 is 23.7 Å². The molecule has 0 fully saturated rings. The number of hydrogen-bond acceptors (Lipinski definition) is 7. The predicted molar refractivity (Wildman–Crippen MR) is 138 cm³/mol. The van der Waals surface area contributed by atoms with Gasteiger partial charge in [-0.05, 0) is 54.4 Å². The van der Waals surface area contributed by atoms with Crippen LogP contribution in [0.15, 0.2) is 82.5 Å². The predicted octanol–water partition coefficient (Wildman–Crippen LogP) is 5.55. The zero-order chi connectivity index (χ0) is 26.3. The van der Waals surface area contributed by atoms with Gasteiger partial charge in [0.15, 0.2) is 23.0 Å². The first-order chi connectivity index (χ1) is 17.9. The van der Waals surface area contributed by atoms with Gasteiger partial charge in [0.25, 0.3) is 5.91 Å². The zero-order valence-electron chi connectivity index (χ0n) is 20.8. The summed E-state index contributed by atoms with van der Waals surface area (Å²) in [5.41, 5.74) is 2.32. The van der Waals surface area contributed by atoms with E-state index in [1.54, 1.807) is 42.5 Å². The number of para-hydroxylation sites is 1. The highest BCUT2D eigenvalue weighted by atomic mass is 16.5. The summed E-state index contributed by atoms with van der Waals surface area (Å²) in [6, 6.07) is 18.4. The number of fused-ring (bicyclic) bond motifs is 1. The minimum absolute atomic E-state index is 0.0130. The molecule has 1 aliphatic heterocycles. The number of aryl methyl sites for hydroxylation is 1. The van der Waals surface area contributed by atoms with Crippen molar-refractivity contribution < 1.29 is 33.3 Å². The van der Waals surface area contributed by atoms with Crippen molar-refractivity contribution in [3.05, 3.63) is 94.9 Å². The van der Waals surface area contributed by atoms with E-state index in [2.05, 4.69) is 0 Å². The van der Waals surface area contributed by atoms with Gasteiger partial charge in [0.05, 0.1) is 32.9 Å². The Labute approximate surface area is 213 Å². The van der Waals surface area contributed by atoms with Crippen molar-refractivity contribution in [1.82, 2.24) is 0 Å². The molecule has 0 bridgehead atoms. The molecule has 1 aromatic heterocycles. The molecule has 1 atom stereocenters. The summed E-state index contributed by atoms with van der Waals surface area (Å²) in [5.74, 6) is -0.894. The second kappa shape index (κ2) is 9.39. The Morgan fingerprint density at radius 1 is 0.919 bits per heavy atom. The Morgan fingerprint density at radius 2 is 1.62 bits per heavy atom. The van der Waals surface area contributed by atoms with Crippen LogP contribution in [0.5, 0.6) is 17.2 Å². The quantitative estimate of drug-likeness (QED) is 0.333. The highest BCUT2D eigenvalue weighted by Crippen LogP contribution is 2.47. The SMILES string of the molecule is COc1cc(C2C(C(=O)c3cc4ccccc4o3)=C(O)C(=O)N2c2cccc(C)c2)cc(OC)c1OC. The lowest BCUT2D eigenvalue weighted by Crippen LogP contribution is -2.31. The number of ketones is 1. The normalized spacial score (nSPS) is 15.4. The van der Waals surface area contributed by atoms with E-state index in [0.29, 0.717) is 34.1 Å². The topological polar surface area (TPSA) is 98.4 Å². The fourth-order valence-corrected chi connectivity index (χ4v) is 4.68. The molecule has 1 N–H and O–H groups in total. The first kappa shape index (κ1) is 24.0. The molecule has 0 radical (unpaired) electrons. The smallest absolute Gasteiger partial charge is 0.294 e. The van der Waals surface area contributed by atoms with E-state index in [0.717, 1.165) is 10.9 Å². The molecule has 0 spiro atoms. The molecule has 1 unspecified atom stereocenters. The molecule has 8 nitrogen and oxygen atoms in total. The fourth-order valence-electron chi connectivity index (χ4n) is 4.68. The Hall–Kier alpha value is -4.72. The van der Waals surface area contributed by atoms with Crippen molar-refractivity contribution in [2.75, 3.05) is 26.2 Å². The maximum absolute atomic E-state index is 13.9. The van der Waals surface area contributed by atoms with Crippen LogP contribution in [0.25, 0.3) is 11.0 Å². The second-order valence-corrected chi connectivity index (χ2v) is 8.62. The lowest BCUT2D eigenvalue weighted by atomic mass is 9.94. The van der Waals surface area contributed by atoms with Crippen LogP contribution in [0.4, 0.5) is 5.69 Å². The number of methoxy groups -OCH3 is 3. The number of aliphatic hydroxyl groups excluding tert-OH is 1. The van der Waals surface area contributed by atoms with Crippen LogP contribution in [0.3, 0.4) is 0 Å². The summed E-state index contributed by atoms with van der Waals surface area (Å²) in [6.45, 7) is 1.90. The minimum Gasteiger partial charge on any atom is -0.503 e. The fraction of sp³-hybridized carbons (Fsp3) is 0.172. The number of rotatable bonds is 7. The van der Waals surface area contributed by atoms with Gasteiger partial charge in [-0.25, -0.2) is 0 Å². The van der Waals surface area contributed by atoms with E-state index >= 15 is 0 Å². The standard InChI is InChI=1S/C29H25NO7/c1-16-8-7-10-19(12-16)30-25(18-14-22(34-2)28(36-4)23(15-18)35-3)24(27(32)29(30)33)26(31)21-13-17-9-5-6-11-20(17)37-21/h5-15,25,32H,1-4H3. The Kier molecular flexibility index (Phi) is 6.09. The molecule has 1 aliphatic rings. The summed E-state index contributed by atoms with van der Waals surface area (Å²) in [5, 5.41) is 11.8. The van der Waals surface area contributed by atoms with Gasteiger partial charge in [-0.2, -0.15) is 0 Å². The summed E-state index contributed by atoms with van der Waals surface area (Å²) < 4.78 is 22.3. The number of Topliss-reactive ketones (excluding diaryl/α,β-unsaturated/α-hetero) is 1. The molecule has 37 heavy (non-hydrogen) atoms. The van der Waals surface area contributed by atoms with Crippen LogP contribution in [0, 0.1) is 6.92 Å². The molecule has 5 rings (SSSR count). The molecule has 0 aliphatic carbocycles. The molecule has 8 heteroatoms. The highest BCUT2D eigenvalue weighted by molar-refractivity contribution is 6.20. The number of carbonyl (C=O) groups excluding carboxylic acids is 2. The van der Waals surface area contributed by atoms with Gasteiger partial charge in [-0.15, -0.1) is 0 Å². The van der Waals surface area contributed by atoms with Crippen molar-refractivity contribution in [3.8, 4) is 17.2 Å². The minimum atomic E-state index is -0.997. The second-order valence-electron chi connectivity index (χ2n) is 8.62. The summed E-state index contributed by atoms with van der Waals surface area (Å²) >= 11 is 0. The van der Waals surface area contributed by atoms with Gasteiger partial charge in [0.2, 0.25) is 11.5 Å². The van der Waals surface area contributed by atoms with E-state index in [-0.39, 0.29) is 11.3 Å². The summed E-state index contributed by atoms with van der Waals surface area (Å²) in [7, 11) is 4.44. The van der Waals surface area contributed by atoms with Gasteiger partial charge in [-0.1, -0.05) is 30.3 Å². The van der Waals surface area contributed by atoms with Crippen LogP contribution in [-0.4, -0.2) is 38.1 Å². The maximum Gasteiger partial charge on any atom is 0.294 e. The van der Waals surface area contributed by atoms with Crippen LogP contribution >= 0.6 is 0 Å². The number of amides is 1. The lowest BCUT2D eigenvalue weighted by Gasteiger charge is -2.28. The van der Waals surface area contributed by atoms with E-state index in [9.17, 15) is 14.7 Å². The number of furan rings is 1. The van der Waals surface area contributed by atoms with Crippen molar-refractivity contribution in [2.45, 2.75) is 13.0 Å². The molecule has 4 aromatic rings. The van der Waals surface area contributed by atoms with Crippen LogP contribution in [0.1, 0.15) is 27.7 Å². The van der Waals surface area contributed by atoms with Crippen molar-refractivity contribution in [2.24, 2.45) is 0 Å². The Balaban J connectivity index is 1.73. The molecular formula is C29H25NO7. The number of ether oxygens (including phenoxy) is 3. The van der Waals surface area contributed by atoms with E-state index in [1.807, 2.05) is 31.2 Å². The molecule has 188 valence electrons. The number of anilines is 1. The van der Waals surface area contributed by atoms with Gasteiger partial charge in [0, 0.05) is 11.1 Å². The average molecular weight is 500 g/mol. The Bertz CT molecular complexity index is 1510. The van der Waals surface area contributed by atoms with Gasteiger partial charge in [0.1, 0.15) is 5.58 Å². The third-order valence-electron chi connectivity index (χ3n) is 6.38. The Morgan fingerprint density at radius 3 is 2.24 bits per heavy atom. The van der Waals surface area contributed by atoms with Crippen molar-refractivity contribution in [1.29, 1.82) is 0 Å². The molecule has 0 saturated carbocycles. The van der Waals surface area contributed by atoms with Crippen molar-refractivity contribution in [3.63, 3.8) is 0 Å². The van der Waals surface area contributed by atoms with E-state index in [4.69, 9.17) is 18.6 Å². The van der Waals surface area contributed by atoms with Crippen LogP contribution in [-0.2, 0) is 4.79 Å².